The molecule has 0 aliphatic carbocycles. The van der Waals surface area contributed by atoms with Crippen LogP contribution in [0.25, 0.3) is 0 Å². The Balaban J connectivity index is 4.17. The van der Waals surface area contributed by atoms with Gasteiger partial charge in [-0.05, 0) is 58.5 Å². The van der Waals surface area contributed by atoms with Crippen molar-refractivity contribution >= 4 is 0 Å². The quantitative estimate of drug-likeness (QED) is 0.298. The Morgan fingerprint density at radius 3 is 2.23 bits per heavy atom. The van der Waals surface area contributed by atoms with Crippen LogP contribution in [0.4, 0.5) is 0 Å². The van der Waals surface area contributed by atoms with Crippen molar-refractivity contribution in [3.05, 3.63) is 35.5 Å². The first-order valence-electron chi connectivity index (χ1n) is 9.28. The average Bonchev–Trinajstić information content (AvgIpc) is 2.54. The second-order valence-electron chi connectivity index (χ2n) is 6.33. The Hall–Kier alpha value is -0.820. The van der Waals surface area contributed by atoms with Crippen LogP contribution < -0.4 is 0 Å². The third-order valence-electron chi connectivity index (χ3n) is 4.62. The Kier molecular flexibility index (Phi) is 13.3. The number of allylic oxidation sites excluding steroid dienone is 5. The van der Waals surface area contributed by atoms with Gasteiger partial charge in [-0.15, -0.1) is 0 Å². The predicted molar refractivity (Wildman–Crippen MR) is 102 cm³/mol. The Morgan fingerprint density at radius 1 is 1.00 bits per heavy atom. The SMILES string of the molecule is CCC(C)=CCCC(CC)CC=CC(C)=CCN(CC)CC. The van der Waals surface area contributed by atoms with Gasteiger partial charge in [-0.1, -0.05) is 69.6 Å². The van der Waals surface area contributed by atoms with E-state index in [-0.39, 0.29) is 0 Å². The highest BCUT2D eigenvalue weighted by atomic mass is 15.1. The van der Waals surface area contributed by atoms with Crippen molar-refractivity contribution < 1.29 is 0 Å². The third kappa shape index (κ3) is 10.8. The van der Waals surface area contributed by atoms with E-state index >= 15 is 0 Å². The largest absolute Gasteiger partial charge is 0.300 e. The summed E-state index contributed by atoms with van der Waals surface area (Å²) >= 11 is 0. The first-order chi connectivity index (χ1) is 10.6. The minimum atomic E-state index is 0.827. The average molecular weight is 306 g/mol. The molecule has 0 aromatic carbocycles. The smallest absolute Gasteiger partial charge is 0.0168 e. The molecule has 0 amide bonds. The van der Waals surface area contributed by atoms with E-state index in [0.29, 0.717) is 0 Å². The van der Waals surface area contributed by atoms with Gasteiger partial charge in [0, 0.05) is 6.54 Å². The van der Waals surface area contributed by atoms with Gasteiger partial charge in [-0.2, -0.15) is 0 Å². The fourth-order valence-corrected chi connectivity index (χ4v) is 2.47. The highest BCUT2D eigenvalue weighted by molar-refractivity contribution is 5.16. The lowest BCUT2D eigenvalue weighted by atomic mass is 9.95. The maximum atomic E-state index is 2.44. The molecule has 0 bridgehead atoms. The van der Waals surface area contributed by atoms with Crippen molar-refractivity contribution in [1.82, 2.24) is 4.90 Å². The summed E-state index contributed by atoms with van der Waals surface area (Å²) < 4.78 is 0. The molecular weight excluding hydrogens is 266 g/mol. The highest BCUT2D eigenvalue weighted by Gasteiger charge is 2.03. The minimum absolute atomic E-state index is 0.827. The summed E-state index contributed by atoms with van der Waals surface area (Å²) in [5.41, 5.74) is 2.92. The van der Waals surface area contributed by atoms with Crippen molar-refractivity contribution in [1.29, 1.82) is 0 Å². The van der Waals surface area contributed by atoms with Crippen LogP contribution >= 0.6 is 0 Å². The zero-order valence-corrected chi connectivity index (χ0v) is 16.0. The fraction of sp³-hybridized carbons (Fsp3) is 0.714. The molecule has 0 aliphatic rings. The van der Waals surface area contributed by atoms with E-state index in [1.807, 2.05) is 0 Å². The standard InChI is InChI=1S/C21H39N/c1-7-19(5)13-11-15-21(8-2)16-12-14-20(6)17-18-22(9-3)10-4/h12-14,17,21H,7-11,15-16,18H2,1-6H3. The van der Waals surface area contributed by atoms with E-state index in [9.17, 15) is 0 Å². The van der Waals surface area contributed by atoms with Crippen molar-refractivity contribution in [2.45, 2.75) is 73.6 Å². The van der Waals surface area contributed by atoms with Crippen LogP contribution in [0, 0.1) is 5.92 Å². The van der Waals surface area contributed by atoms with Gasteiger partial charge >= 0.3 is 0 Å². The highest BCUT2D eigenvalue weighted by Crippen LogP contribution is 2.18. The molecule has 0 fully saturated rings. The van der Waals surface area contributed by atoms with Crippen LogP contribution in [0.15, 0.2) is 35.5 Å². The van der Waals surface area contributed by atoms with E-state index in [1.54, 1.807) is 0 Å². The first-order valence-corrected chi connectivity index (χ1v) is 9.28. The van der Waals surface area contributed by atoms with E-state index in [4.69, 9.17) is 0 Å². The normalized spacial score (nSPS) is 15.0. The molecule has 0 radical (unpaired) electrons. The monoisotopic (exact) mass is 305 g/mol. The lowest BCUT2D eigenvalue weighted by Crippen LogP contribution is -2.22. The zero-order chi connectivity index (χ0) is 16.8. The topological polar surface area (TPSA) is 3.24 Å². The van der Waals surface area contributed by atoms with E-state index in [0.717, 1.165) is 25.6 Å². The van der Waals surface area contributed by atoms with Gasteiger partial charge in [0.15, 0.2) is 0 Å². The summed E-state index contributed by atoms with van der Waals surface area (Å²) in [4.78, 5) is 2.44. The van der Waals surface area contributed by atoms with Crippen molar-refractivity contribution in [3.8, 4) is 0 Å². The molecule has 0 heterocycles. The molecule has 0 aromatic heterocycles. The minimum Gasteiger partial charge on any atom is -0.300 e. The molecular formula is C21H39N. The summed E-state index contributed by atoms with van der Waals surface area (Å²) in [5, 5.41) is 0. The molecule has 0 saturated heterocycles. The number of rotatable bonds is 12. The fourth-order valence-electron chi connectivity index (χ4n) is 2.47. The molecule has 0 saturated carbocycles. The maximum Gasteiger partial charge on any atom is 0.0168 e. The molecule has 128 valence electrons. The molecule has 22 heavy (non-hydrogen) atoms. The molecule has 1 heteroatoms. The van der Waals surface area contributed by atoms with E-state index in [1.165, 1.54) is 43.3 Å². The summed E-state index contributed by atoms with van der Waals surface area (Å²) in [5.74, 6) is 0.827. The lowest BCUT2D eigenvalue weighted by Gasteiger charge is -2.15. The number of hydrogen-bond acceptors (Lipinski definition) is 1. The van der Waals surface area contributed by atoms with Crippen molar-refractivity contribution in [2.75, 3.05) is 19.6 Å². The van der Waals surface area contributed by atoms with Crippen LogP contribution in [0.2, 0.25) is 0 Å². The van der Waals surface area contributed by atoms with Crippen LogP contribution in [0.3, 0.4) is 0 Å². The Bertz CT molecular complexity index is 345. The molecule has 0 rings (SSSR count). The molecule has 0 aromatic rings. The van der Waals surface area contributed by atoms with Crippen LogP contribution in [-0.2, 0) is 0 Å². The van der Waals surface area contributed by atoms with Gasteiger partial charge in [0.25, 0.3) is 0 Å². The Labute approximate surface area is 140 Å². The number of likely N-dealkylation sites (N-methyl/N-ethyl adjacent to an activating group) is 1. The van der Waals surface area contributed by atoms with Gasteiger partial charge < -0.3 is 4.90 Å². The van der Waals surface area contributed by atoms with Gasteiger partial charge in [-0.3, -0.25) is 0 Å². The van der Waals surface area contributed by atoms with Gasteiger partial charge in [0.1, 0.15) is 0 Å². The molecule has 1 atom stereocenters. The van der Waals surface area contributed by atoms with Gasteiger partial charge in [0.2, 0.25) is 0 Å². The molecule has 1 nitrogen and oxygen atoms in total. The maximum absolute atomic E-state index is 2.44. The van der Waals surface area contributed by atoms with Crippen LogP contribution in [0.5, 0.6) is 0 Å². The summed E-state index contributed by atoms with van der Waals surface area (Å²) in [6.45, 7) is 16.8. The van der Waals surface area contributed by atoms with Crippen molar-refractivity contribution in [3.63, 3.8) is 0 Å². The molecule has 0 N–H and O–H groups in total. The van der Waals surface area contributed by atoms with Crippen LogP contribution in [0.1, 0.15) is 73.6 Å². The summed E-state index contributed by atoms with van der Waals surface area (Å²) in [7, 11) is 0. The first kappa shape index (κ1) is 21.2. The number of nitrogens with zero attached hydrogens (tertiary/aromatic N) is 1. The van der Waals surface area contributed by atoms with E-state index < -0.39 is 0 Å². The second-order valence-corrected chi connectivity index (χ2v) is 6.33. The van der Waals surface area contributed by atoms with Gasteiger partial charge in [0.05, 0.1) is 0 Å². The second kappa shape index (κ2) is 13.8. The molecule has 1 unspecified atom stereocenters. The Morgan fingerprint density at radius 2 is 1.68 bits per heavy atom. The third-order valence-corrected chi connectivity index (χ3v) is 4.62. The van der Waals surface area contributed by atoms with E-state index in [2.05, 4.69) is 70.7 Å². The summed E-state index contributed by atoms with van der Waals surface area (Å²) in [6, 6.07) is 0. The van der Waals surface area contributed by atoms with Gasteiger partial charge in [-0.25, -0.2) is 0 Å². The molecule has 0 spiro atoms. The number of hydrogen-bond donors (Lipinski definition) is 0. The van der Waals surface area contributed by atoms with Crippen molar-refractivity contribution in [2.24, 2.45) is 5.92 Å². The lowest BCUT2D eigenvalue weighted by molar-refractivity contribution is 0.337. The predicted octanol–water partition coefficient (Wildman–Crippen LogP) is 6.38. The summed E-state index contributed by atoms with van der Waals surface area (Å²) in [6.07, 6.45) is 15.7. The molecule has 0 aliphatic heterocycles. The van der Waals surface area contributed by atoms with Crippen LogP contribution in [-0.4, -0.2) is 24.5 Å². The zero-order valence-electron chi connectivity index (χ0n) is 16.0.